The van der Waals surface area contributed by atoms with Gasteiger partial charge in [-0.1, -0.05) is 90.5 Å². The van der Waals surface area contributed by atoms with Gasteiger partial charge in [0, 0.05) is 19.6 Å². The highest BCUT2D eigenvalue weighted by Crippen LogP contribution is 2.32. The largest absolute Gasteiger partial charge is 0.492 e. The Hall–Kier alpha value is -3.44. The van der Waals surface area contributed by atoms with Crippen molar-refractivity contribution in [1.82, 2.24) is 4.90 Å². The highest BCUT2D eigenvalue weighted by Gasteiger charge is 2.15. The minimum Gasteiger partial charge on any atom is -0.492 e. The van der Waals surface area contributed by atoms with Crippen LogP contribution >= 0.6 is 12.4 Å². The molecule has 5 rings (SSSR count). The summed E-state index contributed by atoms with van der Waals surface area (Å²) in [7, 11) is 0. The molecule has 0 aliphatic carbocycles. The molecule has 0 N–H and O–H groups in total. The number of allylic oxidation sites excluding steroid dienone is 1. The summed E-state index contributed by atoms with van der Waals surface area (Å²) in [5.74, 6) is 0.623. The van der Waals surface area contributed by atoms with Gasteiger partial charge in [0.15, 0.2) is 0 Å². The van der Waals surface area contributed by atoms with Gasteiger partial charge in [-0.15, -0.1) is 12.4 Å². The zero-order valence-corrected chi connectivity index (χ0v) is 22.9. The van der Waals surface area contributed by atoms with Crippen LogP contribution in [0.5, 0.6) is 5.75 Å². The summed E-state index contributed by atoms with van der Waals surface area (Å²) in [4.78, 5) is 2.37. The first-order valence-electron chi connectivity index (χ1n) is 13.3. The second-order valence-corrected chi connectivity index (χ2v) is 9.64. The summed E-state index contributed by atoms with van der Waals surface area (Å²) in [5, 5.41) is 0. The summed E-state index contributed by atoms with van der Waals surface area (Å²) in [5.41, 5.74) is 7.03. The first-order valence-corrected chi connectivity index (χ1v) is 13.3. The minimum absolute atomic E-state index is 0. The highest BCUT2D eigenvalue weighted by molar-refractivity contribution is 5.85. The van der Waals surface area contributed by atoms with Crippen molar-refractivity contribution in [1.29, 1.82) is 0 Å². The zero-order valence-electron chi connectivity index (χ0n) is 22.1. The number of benzene rings is 4. The van der Waals surface area contributed by atoms with Gasteiger partial charge in [0.1, 0.15) is 18.2 Å². The van der Waals surface area contributed by atoms with E-state index >= 15 is 0 Å². The summed E-state index contributed by atoms with van der Waals surface area (Å²) in [6, 6.07) is 36.3. The van der Waals surface area contributed by atoms with E-state index in [1.165, 1.54) is 16.7 Å². The van der Waals surface area contributed by atoms with Gasteiger partial charge in [-0.3, -0.25) is 4.90 Å². The lowest BCUT2D eigenvalue weighted by atomic mass is 9.86. The normalized spacial score (nSPS) is 13.4. The molecule has 0 amide bonds. The molecule has 0 atom stereocenters. The van der Waals surface area contributed by atoms with E-state index in [4.69, 9.17) is 9.47 Å². The van der Waals surface area contributed by atoms with Crippen LogP contribution in [0.1, 0.15) is 22.3 Å². The van der Waals surface area contributed by atoms with Crippen molar-refractivity contribution in [3.63, 3.8) is 0 Å². The van der Waals surface area contributed by atoms with Crippen LogP contribution in [0.2, 0.25) is 0 Å². The standard InChI is InChI=1S/C34H34FNO2.ClH/c35-32-15-11-29(12-16-32)34(30-13-17-33(18-14-30)38-24-21-36-19-22-37-23-20-36)31(25-27-7-3-1-4-8-27)26-28-9-5-2-6-10-28;/h1-18H,19-26H2;1H. The molecule has 1 fully saturated rings. The Bertz CT molecular complexity index is 1260. The highest BCUT2D eigenvalue weighted by atomic mass is 35.5. The average molecular weight is 544 g/mol. The van der Waals surface area contributed by atoms with Gasteiger partial charge < -0.3 is 9.47 Å². The molecule has 0 spiro atoms. The molecule has 1 aliphatic heterocycles. The van der Waals surface area contributed by atoms with E-state index in [1.807, 2.05) is 36.4 Å². The lowest BCUT2D eigenvalue weighted by Crippen LogP contribution is -2.38. The molecule has 0 radical (unpaired) electrons. The maximum Gasteiger partial charge on any atom is 0.123 e. The van der Waals surface area contributed by atoms with Crippen LogP contribution in [0.4, 0.5) is 4.39 Å². The van der Waals surface area contributed by atoms with Crippen molar-refractivity contribution in [2.45, 2.75) is 12.8 Å². The van der Waals surface area contributed by atoms with Crippen LogP contribution in [0, 0.1) is 5.82 Å². The summed E-state index contributed by atoms with van der Waals surface area (Å²) in [6.45, 7) is 5.04. The Morgan fingerprint density at radius 1 is 0.692 bits per heavy atom. The molecule has 5 heteroatoms. The van der Waals surface area contributed by atoms with Gasteiger partial charge in [0.2, 0.25) is 0 Å². The Kier molecular flexibility index (Phi) is 10.7. The van der Waals surface area contributed by atoms with E-state index < -0.39 is 0 Å². The molecular weight excluding hydrogens is 509 g/mol. The molecular formula is C34H35ClFNO2. The van der Waals surface area contributed by atoms with Crippen molar-refractivity contribution in [3.05, 3.63) is 143 Å². The lowest BCUT2D eigenvalue weighted by Gasteiger charge is -2.26. The van der Waals surface area contributed by atoms with E-state index in [9.17, 15) is 4.39 Å². The molecule has 1 aliphatic rings. The maximum absolute atomic E-state index is 13.9. The number of rotatable bonds is 10. The third kappa shape index (κ3) is 8.27. The van der Waals surface area contributed by atoms with Crippen LogP contribution in [0.3, 0.4) is 0 Å². The SMILES string of the molecule is Cl.Fc1ccc(C(=C(Cc2ccccc2)Cc2ccccc2)c2ccc(OCCN3CCOCC3)cc2)cc1. The Balaban J connectivity index is 0.00000353. The van der Waals surface area contributed by atoms with Crippen LogP contribution in [-0.2, 0) is 17.6 Å². The van der Waals surface area contributed by atoms with Crippen LogP contribution in [-0.4, -0.2) is 44.4 Å². The van der Waals surface area contributed by atoms with E-state index in [2.05, 4.69) is 65.6 Å². The Morgan fingerprint density at radius 3 is 1.74 bits per heavy atom. The fourth-order valence-corrected chi connectivity index (χ4v) is 4.95. The molecule has 1 saturated heterocycles. The second kappa shape index (κ2) is 14.6. The first kappa shape index (κ1) is 28.6. The van der Waals surface area contributed by atoms with Crippen molar-refractivity contribution < 1.29 is 13.9 Å². The lowest BCUT2D eigenvalue weighted by molar-refractivity contribution is 0.0322. The molecule has 0 bridgehead atoms. The first-order chi connectivity index (χ1) is 18.7. The third-order valence-electron chi connectivity index (χ3n) is 6.93. The van der Waals surface area contributed by atoms with Gasteiger partial charge in [-0.05, 0) is 64.9 Å². The van der Waals surface area contributed by atoms with E-state index in [0.29, 0.717) is 6.61 Å². The Morgan fingerprint density at radius 2 is 1.21 bits per heavy atom. The predicted molar refractivity (Wildman–Crippen MR) is 159 cm³/mol. The molecule has 3 nitrogen and oxygen atoms in total. The zero-order chi connectivity index (χ0) is 26.0. The van der Waals surface area contributed by atoms with Gasteiger partial charge in [-0.25, -0.2) is 4.39 Å². The predicted octanol–water partition coefficient (Wildman–Crippen LogP) is 7.25. The number of ether oxygens (including phenoxy) is 2. The van der Waals surface area contributed by atoms with Gasteiger partial charge in [-0.2, -0.15) is 0 Å². The van der Waals surface area contributed by atoms with Crippen molar-refractivity contribution in [2.24, 2.45) is 0 Å². The van der Waals surface area contributed by atoms with Crippen LogP contribution in [0.15, 0.2) is 115 Å². The van der Waals surface area contributed by atoms with E-state index in [0.717, 1.165) is 68.1 Å². The number of halogens is 2. The fourth-order valence-electron chi connectivity index (χ4n) is 4.95. The fraction of sp³-hybridized carbons (Fsp3) is 0.235. The van der Waals surface area contributed by atoms with E-state index in [-0.39, 0.29) is 18.2 Å². The molecule has 202 valence electrons. The summed E-state index contributed by atoms with van der Waals surface area (Å²) in [6.07, 6.45) is 1.61. The topological polar surface area (TPSA) is 21.7 Å². The second-order valence-electron chi connectivity index (χ2n) is 9.64. The molecule has 1 heterocycles. The molecule has 0 saturated carbocycles. The number of hydrogen-bond donors (Lipinski definition) is 0. The molecule has 4 aromatic rings. The maximum atomic E-state index is 13.9. The number of morpholine rings is 1. The van der Waals surface area contributed by atoms with Gasteiger partial charge in [0.25, 0.3) is 0 Å². The van der Waals surface area contributed by atoms with Gasteiger partial charge in [0.05, 0.1) is 13.2 Å². The smallest absolute Gasteiger partial charge is 0.123 e. The van der Waals surface area contributed by atoms with Crippen molar-refractivity contribution in [2.75, 3.05) is 39.5 Å². The van der Waals surface area contributed by atoms with Crippen LogP contribution < -0.4 is 4.74 Å². The van der Waals surface area contributed by atoms with Crippen molar-refractivity contribution in [3.8, 4) is 5.75 Å². The summed E-state index contributed by atoms with van der Waals surface area (Å²) < 4.78 is 25.4. The average Bonchev–Trinajstić information content (AvgIpc) is 2.97. The van der Waals surface area contributed by atoms with Gasteiger partial charge >= 0.3 is 0 Å². The van der Waals surface area contributed by atoms with E-state index in [1.54, 1.807) is 12.1 Å². The number of hydrogen-bond acceptors (Lipinski definition) is 3. The quantitative estimate of drug-likeness (QED) is 0.210. The summed E-state index contributed by atoms with van der Waals surface area (Å²) >= 11 is 0. The third-order valence-corrected chi connectivity index (χ3v) is 6.93. The Labute approximate surface area is 237 Å². The monoisotopic (exact) mass is 543 g/mol. The molecule has 0 unspecified atom stereocenters. The number of nitrogens with zero attached hydrogens (tertiary/aromatic N) is 1. The van der Waals surface area contributed by atoms with Crippen molar-refractivity contribution >= 4 is 18.0 Å². The minimum atomic E-state index is -0.232. The molecule has 39 heavy (non-hydrogen) atoms. The molecule has 4 aromatic carbocycles. The molecule has 0 aromatic heterocycles. The van der Waals surface area contributed by atoms with Crippen LogP contribution in [0.25, 0.3) is 5.57 Å².